The maximum Gasteiger partial charge on any atom is 0.346 e. The fraction of sp³-hybridized carbons (Fsp3) is 0.444. The topological polar surface area (TPSA) is 72.8 Å². The van der Waals surface area contributed by atoms with E-state index in [0.29, 0.717) is 5.56 Å². The zero-order valence-electron chi connectivity index (χ0n) is 14.5. The summed E-state index contributed by atoms with van der Waals surface area (Å²) in [7, 11) is 0. The van der Waals surface area contributed by atoms with Gasteiger partial charge in [-0.3, -0.25) is 0 Å². The summed E-state index contributed by atoms with van der Waals surface area (Å²) in [6.45, 7) is 10.3. The third kappa shape index (κ3) is 7.00. The number of aromatic hydroxyl groups is 1. The van der Waals surface area contributed by atoms with Crippen molar-refractivity contribution in [2.75, 3.05) is 0 Å². The van der Waals surface area contributed by atoms with Gasteiger partial charge in [0.25, 0.3) is 0 Å². The van der Waals surface area contributed by atoms with E-state index in [4.69, 9.17) is 9.47 Å². The zero-order chi connectivity index (χ0) is 17.8. The van der Waals surface area contributed by atoms with E-state index >= 15 is 0 Å². The Labute approximate surface area is 136 Å². The van der Waals surface area contributed by atoms with Crippen LogP contribution in [0.3, 0.4) is 0 Å². The third-order valence-corrected chi connectivity index (χ3v) is 2.44. The van der Waals surface area contributed by atoms with Crippen LogP contribution in [-0.4, -0.2) is 28.2 Å². The van der Waals surface area contributed by atoms with E-state index in [0.717, 1.165) is 0 Å². The number of rotatable bonds is 3. The fourth-order valence-electron chi connectivity index (χ4n) is 1.60. The van der Waals surface area contributed by atoms with Crippen LogP contribution in [0.25, 0.3) is 6.08 Å². The quantitative estimate of drug-likeness (QED) is 0.399. The highest BCUT2D eigenvalue weighted by molar-refractivity contribution is 6.17. The molecule has 126 valence electrons. The molecule has 0 aliphatic heterocycles. The summed E-state index contributed by atoms with van der Waals surface area (Å²) in [5, 5.41) is 9.31. The van der Waals surface area contributed by atoms with E-state index in [9.17, 15) is 14.7 Å². The lowest BCUT2D eigenvalue weighted by Gasteiger charge is -2.23. The average Bonchev–Trinajstić information content (AvgIpc) is 2.33. The number of ether oxygens (including phenoxy) is 2. The summed E-state index contributed by atoms with van der Waals surface area (Å²) in [5.41, 5.74) is -1.07. The minimum atomic E-state index is -0.750. The Morgan fingerprint density at radius 1 is 0.870 bits per heavy atom. The Morgan fingerprint density at radius 2 is 1.26 bits per heavy atom. The third-order valence-electron chi connectivity index (χ3n) is 2.44. The predicted octanol–water partition coefficient (Wildman–Crippen LogP) is 3.46. The lowest BCUT2D eigenvalue weighted by Crippen LogP contribution is -2.31. The number of carbonyl (C=O) groups is 2. The van der Waals surface area contributed by atoms with Crippen molar-refractivity contribution >= 4 is 18.0 Å². The van der Waals surface area contributed by atoms with Crippen molar-refractivity contribution in [3.63, 3.8) is 0 Å². The molecule has 0 heterocycles. The molecule has 1 aromatic rings. The van der Waals surface area contributed by atoms with Gasteiger partial charge in [0.2, 0.25) is 0 Å². The second-order valence-electron chi connectivity index (χ2n) is 7.15. The van der Waals surface area contributed by atoms with Crippen molar-refractivity contribution in [2.45, 2.75) is 52.7 Å². The number of hydrogen-bond acceptors (Lipinski definition) is 5. The van der Waals surface area contributed by atoms with Crippen LogP contribution in [0.4, 0.5) is 0 Å². The molecule has 1 N–H and O–H groups in total. The highest BCUT2D eigenvalue weighted by Gasteiger charge is 2.28. The van der Waals surface area contributed by atoms with Crippen molar-refractivity contribution in [1.82, 2.24) is 0 Å². The first-order chi connectivity index (χ1) is 10.4. The fourth-order valence-corrected chi connectivity index (χ4v) is 1.60. The lowest BCUT2D eigenvalue weighted by atomic mass is 10.1. The number of esters is 2. The van der Waals surface area contributed by atoms with Gasteiger partial charge in [-0.15, -0.1) is 0 Å². The molecule has 0 unspecified atom stereocenters. The van der Waals surface area contributed by atoms with Crippen LogP contribution in [0.1, 0.15) is 47.1 Å². The van der Waals surface area contributed by atoms with Crippen LogP contribution in [0.15, 0.2) is 29.8 Å². The zero-order valence-corrected chi connectivity index (χ0v) is 14.5. The van der Waals surface area contributed by atoms with Gasteiger partial charge in [0.15, 0.2) is 0 Å². The van der Waals surface area contributed by atoms with Gasteiger partial charge in [0, 0.05) is 0 Å². The van der Waals surface area contributed by atoms with E-state index in [-0.39, 0.29) is 11.3 Å². The van der Waals surface area contributed by atoms with Gasteiger partial charge in [-0.2, -0.15) is 0 Å². The van der Waals surface area contributed by atoms with Crippen LogP contribution in [0, 0.1) is 0 Å². The van der Waals surface area contributed by atoms with Crippen LogP contribution in [-0.2, 0) is 19.1 Å². The summed E-state index contributed by atoms with van der Waals surface area (Å²) in [6, 6.07) is 6.11. The molecule has 0 saturated carbocycles. The van der Waals surface area contributed by atoms with Crippen LogP contribution < -0.4 is 0 Å². The van der Waals surface area contributed by atoms with Crippen molar-refractivity contribution in [3.05, 3.63) is 35.4 Å². The molecule has 0 amide bonds. The lowest BCUT2D eigenvalue weighted by molar-refractivity contribution is -0.158. The molecule has 0 atom stereocenters. The van der Waals surface area contributed by atoms with Gasteiger partial charge in [-0.1, -0.05) is 12.1 Å². The minimum Gasteiger partial charge on any atom is -0.508 e. The molecule has 0 radical (unpaired) electrons. The number of carbonyl (C=O) groups excluding carboxylic acids is 2. The Kier molecular flexibility index (Phi) is 5.59. The van der Waals surface area contributed by atoms with E-state index in [1.165, 1.54) is 18.2 Å². The van der Waals surface area contributed by atoms with Gasteiger partial charge < -0.3 is 14.6 Å². The summed E-state index contributed by atoms with van der Waals surface area (Å²) < 4.78 is 10.5. The molecule has 0 saturated heterocycles. The van der Waals surface area contributed by atoms with Gasteiger partial charge in [-0.25, -0.2) is 9.59 Å². The molecule has 0 aliphatic rings. The molecular weight excluding hydrogens is 296 g/mol. The number of phenols is 1. The van der Waals surface area contributed by atoms with Crippen molar-refractivity contribution < 1.29 is 24.2 Å². The highest BCUT2D eigenvalue weighted by atomic mass is 16.6. The normalized spacial score (nSPS) is 11.6. The van der Waals surface area contributed by atoms with Crippen molar-refractivity contribution in [2.24, 2.45) is 0 Å². The van der Waals surface area contributed by atoms with Crippen LogP contribution in [0.2, 0.25) is 0 Å². The molecule has 0 aromatic heterocycles. The Hall–Kier alpha value is -2.30. The summed E-state index contributed by atoms with van der Waals surface area (Å²) in [4.78, 5) is 24.6. The molecule has 0 spiro atoms. The maximum absolute atomic E-state index is 12.3. The van der Waals surface area contributed by atoms with Crippen LogP contribution >= 0.6 is 0 Å². The molecule has 5 nitrogen and oxygen atoms in total. The Balaban J connectivity index is 3.17. The Morgan fingerprint density at radius 3 is 1.61 bits per heavy atom. The van der Waals surface area contributed by atoms with Gasteiger partial charge in [0.05, 0.1) is 0 Å². The second-order valence-corrected chi connectivity index (χ2v) is 7.15. The van der Waals surface area contributed by atoms with Crippen molar-refractivity contribution in [1.29, 1.82) is 0 Å². The van der Waals surface area contributed by atoms with Crippen LogP contribution in [0.5, 0.6) is 5.75 Å². The van der Waals surface area contributed by atoms with E-state index in [2.05, 4.69) is 0 Å². The predicted molar refractivity (Wildman–Crippen MR) is 87.8 cm³/mol. The van der Waals surface area contributed by atoms with E-state index in [1.54, 1.807) is 53.7 Å². The molecule has 0 fully saturated rings. The molecule has 1 aromatic carbocycles. The maximum atomic E-state index is 12.3. The molecule has 0 bridgehead atoms. The highest BCUT2D eigenvalue weighted by Crippen LogP contribution is 2.19. The minimum absolute atomic E-state index is 0.0956. The first-order valence-electron chi connectivity index (χ1n) is 7.35. The Bertz CT molecular complexity index is 568. The molecule has 0 aliphatic carbocycles. The largest absolute Gasteiger partial charge is 0.508 e. The molecule has 23 heavy (non-hydrogen) atoms. The smallest absolute Gasteiger partial charge is 0.346 e. The summed E-state index contributed by atoms with van der Waals surface area (Å²) in [6.07, 6.45) is 1.39. The molecule has 5 heteroatoms. The van der Waals surface area contributed by atoms with Gasteiger partial charge in [-0.05, 0) is 65.3 Å². The molecular formula is C18H24O5. The average molecular weight is 320 g/mol. The SMILES string of the molecule is CC(C)(C)OC(=O)C(=Cc1ccc(O)cc1)C(=O)OC(C)(C)C. The van der Waals surface area contributed by atoms with Crippen molar-refractivity contribution in [3.8, 4) is 5.75 Å². The molecule has 1 rings (SSSR count). The number of benzene rings is 1. The standard InChI is InChI=1S/C18H24O5/c1-17(2,3)22-15(20)14(16(21)23-18(4,5)6)11-12-7-9-13(19)10-8-12/h7-11,19H,1-6H3. The monoisotopic (exact) mass is 320 g/mol. The van der Waals surface area contributed by atoms with E-state index in [1.807, 2.05) is 0 Å². The first kappa shape index (κ1) is 18.7. The number of phenolic OH excluding ortho intramolecular Hbond substituents is 1. The van der Waals surface area contributed by atoms with Gasteiger partial charge >= 0.3 is 11.9 Å². The van der Waals surface area contributed by atoms with Gasteiger partial charge in [0.1, 0.15) is 22.5 Å². The summed E-state index contributed by atoms with van der Waals surface area (Å²) in [5.74, 6) is -1.40. The van der Waals surface area contributed by atoms with E-state index < -0.39 is 23.1 Å². The second kappa shape index (κ2) is 6.86. The number of hydrogen-bond donors (Lipinski definition) is 1. The first-order valence-corrected chi connectivity index (χ1v) is 7.35. The summed E-state index contributed by atoms with van der Waals surface area (Å²) >= 11 is 0.